The number of hydrogen-bond acceptors (Lipinski definition) is 6. The van der Waals surface area contributed by atoms with Crippen LogP contribution in [-0.2, 0) is 17.6 Å². The Bertz CT molecular complexity index is 885. The van der Waals surface area contributed by atoms with Crippen molar-refractivity contribution in [3.8, 4) is 0 Å². The van der Waals surface area contributed by atoms with Crippen molar-refractivity contribution in [1.29, 1.82) is 0 Å². The van der Waals surface area contributed by atoms with Crippen LogP contribution in [0.1, 0.15) is 60.1 Å². The van der Waals surface area contributed by atoms with Crippen molar-refractivity contribution >= 4 is 39.6 Å². The summed E-state index contributed by atoms with van der Waals surface area (Å²) in [5, 5.41) is 10.9. The molecule has 2 aromatic rings. The van der Waals surface area contributed by atoms with Crippen molar-refractivity contribution in [2.24, 2.45) is 17.3 Å². The SMILES string of the molecule is CC(C)(C)[C@H]1CCc2sc(C(=O)N3CCC[C@@H](C(=O)Nc4nncs4)C3)cc2C1. The Labute approximate surface area is 179 Å². The van der Waals surface area contributed by atoms with Crippen LogP contribution in [0.3, 0.4) is 0 Å². The number of aryl methyl sites for hydroxylation is 1. The first-order chi connectivity index (χ1) is 13.8. The van der Waals surface area contributed by atoms with Gasteiger partial charge in [-0.1, -0.05) is 32.1 Å². The average Bonchev–Trinajstić information content (AvgIpc) is 3.35. The van der Waals surface area contributed by atoms with Crippen molar-refractivity contribution in [1.82, 2.24) is 15.1 Å². The van der Waals surface area contributed by atoms with Gasteiger partial charge in [0.05, 0.1) is 10.8 Å². The smallest absolute Gasteiger partial charge is 0.263 e. The number of nitrogens with one attached hydrogen (secondary N) is 1. The van der Waals surface area contributed by atoms with Crippen LogP contribution in [0.15, 0.2) is 11.6 Å². The second-order valence-corrected chi connectivity index (χ2v) is 11.2. The van der Waals surface area contributed by atoms with Gasteiger partial charge in [-0.3, -0.25) is 9.59 Å². The minimum Gasteiger partial charge on any atom is -0.337 e. The molecule has 6 nitrogen and oxygen atoms in total. The summed E-state index contributed by atoms with van der Waals surface area (Å²) < 4.78 is 0. The van der Waals surface area contributed by atoms with Crippen molar-refractivity contribution < 1.29 is 9.59 Å². The van der Waals surface area contributed by atoms with E-state index >= 15 is 0 Å². The predicted octanol–water partition coefficient (Wildman–Crippen LogP) is 4.24. The minimum atomic E-state index is -0.198. The number of anilines is 1. The van der Waals surface area contributed by atoms with Crippen LogP contribution in [0.5, 0.6) is 0 Å². The molecular weight excluding hydrogens is 404 g/mol. The van der Waals surface area contributed by atoms with E-state index in [9.17, 15) is 9.59 Å². The van der Waals surface area contributed by atoms with Crippen LogP contribution < -0.4 is 5.32 Å². The highest BCUT2D eigenvalue weighted by Crippen LogP contribution is 2.40. The summed E-state index contributed by atoms with van der Waals surface area (Å²) in [5.74, 6) is 0.468. The number of aromatic nitrogens is 2. The lowest BCUT2D eigenvalue weighted by Crippen LogP contribution is -2.43. The third kappa shape index (κ3) is 4.53. The highest BCUT2D eigenvalue weighted by molar-refractivity contribution is 7.14. The molecule has 8 heteroatoms. The zero-order valence-electron chi connectivity index (χ0n) is 17.2. The van der Waals surface area contributed by atoms with E-state index in [1.54, 1.807) is 16.8 Å². The third-order valence-corrected chi connectivity index (χ3v) is 8.02. The first-order valence-electron chi connectivity index (χ1n) is 10.3. The molecule has 3 heterocycles. The zero-order valence-corrected chi connectivity index (χ0v) is 18.9. The molecule has 0 bridgehead atoms. The maximum Gasteiger partial charge on any atom is 0.263 e. The van der Waals surface area contributed by atoms with Crippen LogP contribution in [0.4, 0.5) is 5.13 Å². The summed E-state index contributed by atoms with van der Waals surface area (Å²) in [4.78, 5) is 29.8. The molecule has 4 rings (SSSR count). The fraction of sp³-hybridized carbons (Fsp3) is 0.619. The van der Waals surface area contributed by atoms with Crippen molar-refractivity contribution in [2.75, 3.05) is 18.4 Å². The minimum absolute atomic E-state index is 0.0715. The summed E-state index contributed by atoms with van der Waals surface area (Å²) >= 11 is 2.96. The second-order valence-electron chi connectivity index (χ2n) is 9.19. The molecule has 2 aromatic heterocycles. The van der Waals surface area contributed by atoms with Crippen LogP contribution in [-0.4, -0.2) is 40.0 Å². The Kier molecular flexibility index (Phi) is 5.75. The Balaban J connectivity index is 1.42. The fourth-order valence-electron chi connectivity index (χ4n) is 4.33. The van der Waals surface area contributed by atoms with Gasteiger partial charge in [-0.2, -0.15) is 0 Å². The number of piperidine rings is 1. The molecule has 0 aromatic carbocycles. The quantitative estimate of drug-likeness (QED) is 0.787. The van der Waals surface area contributed by atoms with Gasteiger partial charge in [0.25, 0.3) is 5.91 Å². The van der Waals surface area contributed by atoms with Gasteiger partial charge in [-0.25, -0.2) is 0 Å². The number of rotatable bonds is 3. The molecule has 156 valence electrons. The second kappa shape index (κ2) is 8.14. The number of hydrogen-bond donors (Lipinski definition) is 1. The molecule has 2 amide bonds. The molecule has 1 aliphatic carbocycles. The molecule has 0 radical (unpaired) electrons. The van der Waals surface area contributed by atoms with Crippen LogP contribution >= 0.6 is 22.7 Å². The van der Waals surface area contributed by atoms with Crippen LogP contribution in [0, 0.1) is 17.3 Å². The number of likely N-dealkylation sites (tertiary alicyclic amines) is 1. The Morgan fingerprint density at radius 3 is 2.83 bits per heavy atom. The monoisotopic (exact) mass is 432 g/mol. The van der Waals surface area contributed by atoms with Gasteiger partial charge in [0.2, 0.25) is 11.0 Å². The molecular formula is C21H28N4O2S2. The average molecular weight is 433 g/mol. The molecule has 2 aliphatic rings. The molecule has 0 spiro atoms. The van der Waals surface area contributed by atoms with Crippen molar-refractivity contribution in [2.45, 2.75) is 52.9 Å². The highest BCUT2D eigenvalue weighted by Gasteiger charge is 2.33. The van der Waals surface area contributed by atoms with Crippen molar-refractivity contribution in [3.63, 3.8) is 0 Å². The van der Waals surface area contributed by atoms with E-state index in [2.05, 4.69) is 42.4 Å². The number of carbonyl (C=O) groups is 2. The summed E-state index contributed by atoms with van der Waals surface area (Å²) in [6, 6.07) is 2.12. The topological polar surface area (TPSA) is 75.2 Å². The first kappa shape index (κ1) is 20.5. The van der Waals surface area contributed by atoms with Crippen LogP contribution in [0.2, 0.25) is 0 Å². The summed E-state index contributed by atoms with van der Waals surface area (Å²) in [6.07, 6.45) is 4.97. The van der Waals surface area contributed by atoms with E-state index < -0.39 is 0 Å². The largest absolute Gasteiger partial charge is 0.337 e. The van der Waals surface area contributed by atoms with E-state index in [1.165, 1.54) is 28.2 Å². The summed E-state index contributed by atoms with van der Waals surface area (Å²) in [5.41, 5.74) is 3.24. The Morgan fingerprint density at radius 1 is 1.28 bits per heavy atom. The molecule has 1 saturated heterocycles. The fourth-order valence-corrected chi connectivity index (χ4v) is 5.96. The lowest BCUT2D eigenvalue weighted by molar-refractivity contribution is -0.121. The molecule has 2 atom stereocenters. The van der Waals surface area contributed by atoms with Gasteiger partial charge in [0.1, 0.15) is 5.51 Å². The highest BCUT2D eigenvalue weighted by atomic mass is 32.1. The van der Waals surface area contributed by atoms with E-state index in [4.69, 9.17) is 0 Å². The van der Waals surface area contributed by atoms with E-state index in [-0.39, 0.29) is 17.7 Å². The lowest BCUT2D eigenvalue weighted by atomic mass is 9.72. The molecule has 1 N–H and O–H groups in total. The summed E-state index contributed by atoms with van der Waals surface area (Å²) in [6.45, 7) is 8.11. The van der Waals surface area contributed by atoms with Crippen molar-refractivity contribution in [3.05, 3.63) is 26.9 Å². The maximum absolute atomic E-state index is 13.2. The zero-order chi connectivity index (χ0) is 20.6. The maximum atomic E-state index is 13.2. The van der Waals surface area contributed by atoms with Gasteiger partial charge >= 0.3 is 0 Å². The normalized spacial score (nSPS) is 22.2. The number of thiophene rings is 1. The van der Waals surface area contributed by atoms with Gasteiger partial charge in [-0.15, -0.1) is 21.5 Å². The number of amides is 2. The van der Waals surface area contributed by atoms with E-state index in [0.717, 1.165) is 30.6 Å². The van der Waals surface area contributed by atoms with Crippen LogP contribution in [0.25, 0.3) is 0 Å². The van der Waals surface area contributed by atoms with Gasteiger partial charge < -0.3 is 10.2 Å². The number of nitrogens with zero attached hydrogens (tertiary/aromatic N) is 3. The van der Waals surface area contributed by atoms with E-state index in [1.807, 2.05) is 4.90 Å². The van der Waals surface area contributed by atoms with Gasteiger partial charge in [-0.05, 0) is 55.1 Å². The summed E-state index contributed by atoms with van der Waals surface area (Å²) in [7, 11) is 0. The Hall–Kier alpha value is -1.80. The molecule has 1 fully saturated rings. The number of fused-ring (bicyclic) bond motifs is 1. The standard InChI is InChI=1S/C21H28N4O2S2/c1-21(2,3)15-6-7-16-14(9-15)10-17(29-16)19(27)25-8-4-5-13(11-25)18(26)23-20-24-22-12-28-20/h10,12-13,15H,4-9,11H2,1-3H3,(H,23,24,26)/t13-,15+/m1/s1. The van der Waals surface area contributed by atoms with E-state index in [0.29, 0.717) is 29.6 Å². The predicted molar refractivity (Wildman–Crippen MR) is 116 cm³/mol. The lowest BCUT2D eigenvalue weighted by Gasteiger charge is -2.33. The van der Waals surface area contributed by atoms with Gasteiger partial charge in [0, 0.05) is 18.0 Å². The Morgan fingerprint density at radius 2 is 2.10 bits per heavy atom. The molecule has 0 saturated carbocycles. The first-order valence-corrected chi connectivity index (χ1v) is 12.0. The third-order valence-electron chi connectivity index (χ3n) is 6.19. The molecule has 0 unspecified atom stereocenters. The van der Waals surface area contributed by atoms with Gasteiger partial charge in [0.15, 0.2) is 0 Å². The molecule has 1 aliphatic heterocycles. The number of carbonyl (C=O) groups excluding carboxylic acids is 2. The molecule has 29 heavy (non-hydrogen) atoms.